The number of aromatic amines is 1. The number of anilines is 1. The molecule has 0 spiro atoms. The molecule has 1 fully saturated rings. The molecule has 9 nitrogen and oxygen atoms in total. The predicted octanol–water partition coefficient (Wildman–Crippen LogP) is 4.00. The standard InChI is InChI=1S/C28H38N8O/c1-17(2)25-26(21-15-36-28(29-16-30-36)20(5)19(21)4)31-22-8-9-23(32-27(22)25)34-12-13-35(18(3)14-34)24(37)10-11-33(6)7/h8-9,15-18,31H,10-14H2,1-7H3/t18-/m0/s1. The Labute approximate surface area is 218 Å². The van der Waals surface area contributed by atoms with Crippen LogP contribution >= 0.6 is 0 Å². The Hall–Kier alpha value is -3.46. The Morgan fingerprint density at radius 3 is 2.68 bits per heavy atom. The molecule has 1 atom stereocenters. The van der Waals surface area contributed by atoms with Crippen molar-refractivity contribution in [3.05, 3.63) is 41.3 Å². The number of carbonyl (C=O) groups is 1. The van der Waals surface area contributed by atoms with Gasteiger partial charge in [-0.15, -0.1) is 0 Å². The van der Waals surface area contributed by atoms with E-state index in [0.29, 0.717) is 6.42 Å². The second-order valence-electron chi connectivity index (χ2n) is 10.9. The average molecular weight is 503 g/mol. The van der Waals surface area contributed by atoms with Gasteiger partial charge in [-0.1, -0.05) is 13.8 Å². The Morgan fingerprint density at radius 2 is 1.97 bits per heavy atom. The lowest BCUT2D eigenvalue weighted by Crippen LogP contribution is -2.54. The van der Waals surface area contributed by atoms with Gasteiger partial charge in [-0.05, 0) is 64.0 Å². The first kappa shape index (κ1) is 25.2. The molecule has 5 heterocycles. The van der Waals surface area contributed by atoms with Crippen molar-refractivity contribution in [2.45, 2.75) is 53.0 Å². The summed E-state index contributed by atoms with van der Waals surface area (Å²) < 4.78 is 1.85. The van der Waals surface area contributed by atoms with Crippen LogP contribution in [-0.2, 0) is 4.79 Å². The van der Waals surface area contributed by atoms with E-state index >= 15 is 0 Å². The van der Waals surface area contributed by atoms with Crippen LogP contribution in [0.2, 0.25) is 0 Å². The summed E-state index contributed by atoms with van der Waals surface area (Å²) in [6.45, 7) is 13.9. The first-order valence-electron chi connectivity index (χ1n) is 13.2. The third-order valence-electron chi connectivity index (χ3n) is 7.68. The largest absolute Gasteiger partial charge is 0.353 e. The van der Waals surface area contributed by atoms with E-state index in [1.807, 2.05) is 23.5 Å². The quantitative estimate of drug-likeness (QED) is 0.429. The molecule has 1 aliphatic heterocycles. The fourth-order valence-corrected chi connectivity index (χ4v) is 5.48. The molecule has 0 radical (unpaired) electrons. The van der Waals surface area contributed by atoms with E-state index in [-0.39, 0.29) is 17.9 Å². The van der Waals surface area contributed by atoms with Crippen LogP contribution in [0.4, 0.5) is 5.82 Å². The number of H-pyrrole nitrogens is 1. The van der Waals surface area contributed by atoms with Gasteiger partial charge in [-0.3, -0.25) is 4.79 Å². The SMILES string of the molecule is Cc1c(-c2[nH]c3ccc(N4CCN(C(=O)CCN(C)C)[C@@H](C)C4)nc3c2C(C)C)cn2ncnc2c1C. The van der Waals surface area contributed by atoms with Gasteiger partial charge in [-0.25, -0.2) is 14.5 Å². The van der Waals surface area contributed by atoms with Crippen LogP contribution in [-0.4, -0.2) is 86.6 Å². The van der Waals surface area contributed by atoms with E-state index in [4.69, 9.17) is 4.98 Å². The van der Waals surface area contributed by atoms with Crippen molar-refractivity contribution in [3.8, 4) is 11.3 Å². The summed E-state index contributed by atoms with van der Waals surface area (Å²) in [4.78, 5) is 32.4. The summed E-state index contributed by atoms with van der Waals surface area (Å²) in [5.74, 6) is 1.48. The van der Waals surface area contributed by atoms with Crippen LogP contribution in [0.1, 0.15) is 49.8 Å². The fourth-order valence-electron chi connectivity index (χ4n) is 5.48. The molecule has 1 N–H and O–H groups in total. The number of rotatable bonds is 6. The number of aryl methyl sites for hydroxylation is 1. The highest BCUT2D eigenvalue weighted by atomic mass is 16.2. The topological polar surface area (TPSA) is 85.7 Å². The van der Waals surface area contributed by atoms with E-state index in [0.717, 1.165) is 65.5 Å². The zero-order valence-corrected chi connectivity index (χ0v) is 23.0. The van der Waals surface area contributed by atoms with Crippen molar-refractivity contribution in [2.75, 3.05) is 45.2 Å². The number of hydrogen-bond acceptors (Lipinski definition) is 6. The number of carbonyl (C=O) groups excluding carboxylic acids is 1. The first-order valence-corrected chi connectivity index (χ1v) is 13.2. The van der Waals surface area contributed by atoms with Crippen molar-refractivity contribution in [1.82, 2.24) is 34.4 Å². The van der Waals surface area contributed by atoms with E-state index in [9.17, 15) is 4.79 Å². The maximum absolute atomic E-state index is 12.8. The second kappa shape index (κ2) is 9.78. The van der Waals surface area contributed by atoms with Gasteiger partial charge in [0.2, 0.25) is 5.91 Å². The number of nitrogens with one attached hydrogen (secondary N) is 1. The monoisotopic (exact) mass is 502 g/mol. The summed E-state index contributed by atoms with van der Waals surface area (Å²) in [6.07, 6.45) is 4.23. The molecule has 9 heteroatoms. The highest BCUT2D eigenvalue weighted by molar-refractivity contribution is 5.90. The number of aromatic nitrogens is 5. The molecule has 0 saturated carbocycles. The highest BCUT2D eigenvalue weighted by Gasteiger charge is 2.28. The molecule has 0 aliphatic carbocycles. The number of fused-ring (bicyclic) bond motifs is 2. The van der Waals surface area contributed by atoms with Crippen molar-refractivity contribution in [2.24, 2.45) is 0 Å². The van der Waals surface area contributed by atoms with Gasteiger partial charge in [0, 0.05) is 56.0 Å². The lowest BCUT2D eigenvalue weighted by molar-refractivity contribution is -0.133. The van der Waals surface area contributed by atoms with E-state index in [1.165, 1.54) is 11.1 Å². The van der Waals surface area contributed by atoms with E-state index < -0.39 is 0 Å². The van der Waals surface area contributed by atoms with Gasteiger partial charge >= 0.3 is 0 Å². The molecule has 1 saturated heterocycles. The zero-order chi connectivity index (χ0) is 26.4. The molecular weight excluding hydrogens is 464 g/mol. The smallest absolute Gasteiger partial charge is 0.224 e. The lowest BCUT2D eigenvalue weighted by Gasteiger charge is -2.40. The number of amides is 1. The third kappa shape index (κ3) is 4.56. The minimum absolute atomic E-state index is 0.146. The summed E-state index contributed by atoms with van der Waals surface area (Å²) in [7, 11) is 4.01. The summed E-state index contributed by atoms with van der Waals surface area (Å²) in [5, 5.41) is 4.40. The van der Waals surface area contributed by atoms with Crippen LogP contribution in [0.15, 0.2) is 24.7 Å². The predicted molar refractivity (Wildman–Crippen MR) is 148 cm³/mol. The van der Waals surface area contributed by atoms with Gasteiger partial charge in [0.25, 0.3) is 0 Å². The summed E-state index contributed by atoms with van der Waals surface area (Å²) >= 11 is 0. The number of piperazine rings is 1. The molecular formula is C28H38N8O. The summed E-state index contributed by atoms with van der Waals surface area (Å²) in [5.41, 5.74) is 8.68. The van der Waals surface area contributed by atoms with E-state index in [1.54, 1.807) is 6.33 Å². The maximum atomic E-state index is 12.8. The van der Waals surface area contributed by atoms with Crippen LogP contribution in [0.25, 0.3) is 27.9 Å². The summed E-state index contributed by atoms with van der Waals surface area (Å²) in [6, 6.07) is 4.39. The van der Waals surface area contributed by atoms with Crippen LogP contribution in [0, 0.1) is 13.8 Å². The Balaban J connectivity index is 1.47. The van der Waals surface area contributed by atoms with Gasteiger partial charge in [-0.2, -0.15) is 5.10 Å². The molecule has 4 aromatic rings. The maximum Gasteiger partial charge on any atom is 0.224 e. The molecule has 37 heavy (non-hydrogen) atoms. The second-order valence-corrected chi connectivity index (χ2v) is 10.9. The highest BCUT2D eigenvalue weighted by Crippen LogP contribution is 2.38. The molecule has 5 rings (SSSR count). The number of hydrogen-bond donors (Lipinski definition) is 1. The lowest BCUT2D eigenvalue weighted by atomic mass is 9.95. The third-order valence-corrected chi connectivity index (χ3v) is 7.68. The van der Waals surface area contributed by atoms with Gasteiger partial charge in [0.1, 0.15) is 12.1 Å². The minimum atomic E-state index is 0.146. The van der Waals surface area contributed by atoms with Crippen molar-refractivity contribution >= 4 is 28.4 Å². The Bertz CT molecular complexity index is 1450. The van der Waals surface area contributed by atoms with Crippen molar-refractivity contribution < 1.29 is 4.79 Å². The number of nitrogens with zero attached hydrogens (tertiary/aromatic N) is 7. The fraction of sp³-hybridized carbons (Fsp3) is 0.500. The van der Waals surface area contributed by atoms with Crippen LogP contribution < -0.4 is 4.90 Å². The molecule has 0 unspecified atom stereocenters. The molecule has 4 aromatic heterocycles. The van der Waals surface area contributed by atoms with Crippen molar-refractivity contribution in [3.63, 3.8) is 0 Å². The first-order chi connectivity index (χ1) is 17.7. The van der Waals surface area contributed by atoms with Gasteiger partial charge in [0.15, 0.2) is 5.65 Å². The average Bonchev–Trinajstić information content (AvgIpc) is 3.48. The molecule has 0 bridgehead atoms. The zero-order valence-electron chi connectivity index (χ0n) is 23.0. The van der Waals surface area contributed by atoms with Crippen LogP contribution in [0.3, 0.4) is 0 Å². The van der Waals surface area contributed by atoms with Crippen LogP contribution in [0.5, 0.6) is 0 Å². The van der Waals surface area contributed by atoms with Crippen molar-refractivity contribution in [1.29, 1.82) is 0 Å². The normalized spacial score (nSPS) is 16.6. The molecule has 0 aromatic carbocycles. The Morgan fingerprint density at radius 1 is 1.19 bits per heavy atom. The van der Waals surface area contributed by atoms with E-state index in [2.05, 4.69) is 77.8 Å². The molecule has 1 amide bonds. The molecule has 196 valence electrons. The minimum Gasteiger partial charge on any atom is -0.353 e. The molecule has 1 aliphatic rings. The van der Waals surface area contributed by atoms with Gasteiger partial charge in [0.05, 0.1) is 16.7 Å². The number of pyridine rings is 2. The van der Waals surface area contributed by atoms with Gasteiger partial charge < -0.3 is 19.7 Å². The Kier molecular flexibility index (Phi) is 6.66.